The molecule has 19 heavy (non-hydrogen) atoms. The van der Waals surface area contributed by atoms with Gasteiger partial charge in [0, 0.05) is 11.4 Å². The molecule has 3 nitrogen and oxygen atoms in total. The second-order valence-electron chi connectivity index (χ2n) is 3.98. The van der Waals surface area contributed by atoms with Gasteiger partial charge in [-0.15, -0.1) is 11.8 Å². The van der Waals surface area contributed by atoms with Gasteiger partial charge in [0.1, 0.15) is 0 Å². The SMILES string of the molecule is CSc1ccccc1C(=O)NCC(O)c1ccsc1. The van der Waals surface area contributed by atoms with Crippen molar-refractivity contribution < 1.29 is 9.90 Å². The summed E-state index contributed by atoms with van der Waals surface area (Å²) in [5.74, 6) is -0.153. The van der Waals surface area contributed by atoms with Crippen LogP contribution in [0.1, 0.15) is 22.0 Å². The fourth-order valence-electron chi connectivity index (χ4n) is 1.70. The molecule has 1 unspecified atom stereocenters. The average molecular weight is 293 g/mol. The summed E-state index contributed by atoms with van der Waals surface area (Å²) in [6.07, 6.45) is 1.28. The zero-order chi connectivity index (χ0) is 13.7. The van der Waals surface area contributed by atoms with Gasteiger partial charge in [-0.05, 0) is 40.8 Å². The van der Waals surface area contributed by atoms with E-state index in [0.29, 0.717) is 5.56 Å². The fourth-order valence-corrected chi connectivity index (χ4v) is 3.00. The smallest absolute Gasteiger partial charge is 0.252 e. The third kappa shape index (κ3) is 3.59. The highest BCUT2D eigenvalue weighted by atomic mass is 32.2. The standard InChI is InChI=1S/C14H15NO2S2/c1-18-13-5-3-2-4-11(13)14(17)15-8-12(16)10-6-7-19-9-10/h2-7,9,12,16H,8H2,1H3,(H,15,17). The van der Waals surface area contributed by atoms with Crippen molar-refractivity contribution in [3.63, 3.8) is 0 Å². The Morgan fingerprint density at radius 3 is 2.89 bits per heavy atom. The topological polar surface area (TPSA) is 49.3 Å². The Morgan fingerprint density at radius 1 is 1.42 bits per heavy atom. The molecule has 100 valence electrons. The zero-order valence-electron chi connectivity index (χ0n) is 10.5. The molecule has 0 saturated heterocycles. The van der Waals surface area contributed by atoms with E-state index >= 15 is 0 Å². The van der Waals surface area contributed by atoms with E-state index in [1.807, 2.05) is 41.3 Å². The van der Waals surface area contributed by atoms with E-state index in [-0.39, 0.29) is 12.5 Å². The molecule has 2 aromatic rings. The lowest BCUT2D eigenvalue weighted by molar-refractivity contribution is 0.0913. The van der Waals surface area contributed by atoms with Gasteiger partial charge in [0.15, 0.2) is 0 Å². The van der Waals surface area contributed by atoms with E-state index in [2.05, 4.69) is 5.32 Å². The van der Waals surface area contributed by atoms with Crippen molar-refractivity contribution in [2.75, 3.05) is 12.8 Å². The maximum Gasteiger partial charge on any atom is 0.252 e. The minimum absolute atomic E-state index is 0.153. The van der Waals surface area contributed by atoms with Gasteiger partial charge in [-0.25, -0.2) is 0 Å². The molecule has 0 saturated carbocycles. The Kier molecular flexibility index (Phi) is 5.01. The van der Waals surface area contributed by atoms with Crippen LogP contribution in [-0.4, -0.2) is 23.8 Å². The predicted molar refractivity (Wildman–Crippen MR) is 79.8 cm³/mol. The molecule has 1 heterocycles. The normalized spacial score (nSPS) is 12.1. The maximum absolute atomic E-state index is 12.1. The lowest BCUT2D eigenvalue weighted by Gasteiger charge is -2.12. The lowest BCUT2D eigenvalue weighted by atomic mass is 10.2. The van der Waals surface area contributed by atoms with Crippen LogP contribution >= 0.6 is 23.1 Å². The number of nitrogens with one attached hydrogen (secondary N) is 1. The van der Waals surface area contributed by atoms with Crippen molar-refractivity contribution in [1.82, 2.24) is 5.32 Å². The maximum atomic E-state index is 12.1. The van der Waals surface area contributed by atoms with E-state index in [9.17, 15) is 9.90 Å². The molecule has 5 heteroatoms. The van der Waals surface area contributed by atoms with E-state index in [1.165, 1.54) is 23.1 Å². The summed E-state index contributed by atoms with van der Waals surface area (Å²) in [4.78, 5) is 13.0. The van der Waals surface area contributed by atoms with Crippen LogP contribution < -0.4 is 5.32 Å². The Labute approximate surface area is 120 Å². The van der Waals surface area contributed by atoms with E-state index in [0.717, 1.165) is 10.5 Å². The molecular weight excluding hydrogens is 278 g/mol. The number of thioether (sulfide) groups is 1. The van der Waals surface area contributed by atoms with Crippen molar-refractivity contribution in [1.29, 1.82) is 0 Å². The summed E-state index contributed by atoms with van der Waals surface area (Å²) in [6.45, 7) is 0.221. The molecule has 1 aromatic carbocycles. The first-order chi connectivity index (χ1) is 9.22. The van der Waals surface area contributed by atoms with Crippen LogP contribution in [0.15, 0.2) is 46.0 Å². The number of rotatable bonds is 5. The van der Waals surface area contributed by atoms with Crippen molar-refractivity contribution in [3.8, 4) is 0 Å². The van der Waals surface area contributed by atoms with Gasteiger partial charge in [0.25, 0.3) is 5.91 Å². The molecular formula is C14H15NO2S2. The minimum atomic E-state index is -0.656. The van der Waals surface area contributed by atoms with Gasteiger partial charge in [-0.2, -0.15) is 11.3 Å². The summed E-state index contributed by atoms with van der Waals surface area (Å²) < 4.78 is 0. The summed E-state index contributed by atoms with van der Waals surface area (Å²) in [7, 11) is 0. The number of thiophene rings is 1. The Bertz CT molecular complexity index is 540. The van der Waals surface area contributed by atoms with Crippen LogP contribution in [0.4, 0.5) is 0 Å². The molecule has 2 N–H and O–H groups in total. The number of aliphatic hydroxyl groups excluding tert-OH is 1. The van der Waals surface area contributed by atoms with Crippen LogP contribution in [0.5, 0.6) is 0 Å². The van der Waals surface area contributed by atoms with Gasteiger partial charge in [0.2, 0.25) is 0 Å². The monoisotopic (exact) mass is 293 g/mol. The number of hydrogen-bond donors (Lipinski definition) is 2. The molecule has 1 atom stereocenters. The second kappa shape index (κ2) is 6.75. The third-order valence-corrected chi connectivity index (χ3v) is 4.23. The van der Waals surface area contributed by atoms with Gasteiger partial charge >= 0.3 is 0 Å². The van der Waals surface area contributed by atoms with E-state index in [4.69, 9.17) is 0 Å². The van der Waals surface area contributed by atoms with Crippen LogP contribution in [0.2, 0.25) is 0 Å². The number of benzene rings is 1. The summed E-state index contributed by atoms with van der Waals surface area (Å²) >= 11 is 3.06. The minimum Gasteiger partial charge on any atom is -0.387 e. The third-order valence-electron chi connectivity index (χ3n) is 2.74. The van der Waals surface area contributed by atoms with Crippen LogP contribution in [-0.2, 0) is 0 Å². The molecule has 1 amide bonds. The lowest BCUT2D eigenvalue weighted by Crippen LogP contribution is -2.28. The molecule has 2 rings (SSSR count). The molecule has 0 aliphatic heterocycles. The van der Waals surface area contributed by atoms with Gasteiger partial charge in [0.05, 0.1) is 11.7 Å². The van der Waals surface area contributed by atoms with E-state index < -0.39 is 6.10 Å². The molecule has 0 bridgehead atoms. The average Bonchev–Trinajstić information content (AvgIpc) is 2.98. The quantitative estimate of drug-likeness (QED) is 0.833. The number of aliphatic hydroxyl groups is 1. The van der Waals surface area contributed by atoms with Crippen molar-refractivity contribution in [2.45, 2.75) is 11.0 Å². The highest BCUT2D eigenvalue weighted by Crippen LogP contribution is 2.20. The number of amides is 1. The van der Waals surface area contributed by atoms with Crippen LogP contribution in [0.25, 0.3) is 0 Å². The summed E-state index contributed by atoms with van der Waals surface area (Å²) in [5, 5.41) is 16.5. The van der Waals surface area contributed by atoms with Crippen LogP contribution in [0, 0.1) is 0 Å². The molecule has 0 spiro atoms. The molecule has 0 aliphatic carbocycles. The van der Waals surface area contributed by atoms with Crippen molar-refractivity contribution >= 4 is 29.0 Å². The Hall–Kier alpha value is -1.30. The van der Waals surface area contributed by atoms with Gasteiger partial charge < -0.3 is 10.4 Å². The highest BCUT2D eigenvalue weighted by molar-refractivity contribution is 7.98. The summed E-state index contributed by atoms with van der Waals surface area (Å²) in [5.41, 5.74) is 1.48. The number of carbonyl (C=O) groups is 1. The first-order valence-electron chi connectivity index (χ1n) is 5.83. The fraction of sp³-hybridized carbons (Fsp3) is 0.214. The largest absolute Gasteiger partial charge is 0.387 e. The second-order valence-corrected chi connectivity index (χ2v) is 5.61. The van der Waals surface area contributed by atoms with Crippen molar-refractivity contribution in [3.05, 3.63) is 52.2 Å². The molecule has 0 radical (unpaired) electrons. The van der Waals surface area contributed by atoms with Crippen molar-refractivity contribution in [2.24, 2.45) is 0 Å². The zero-order valence-corrected chi connectivity index (χ0v) is 12.1. The Balaban J connectivity index is 1.98. The predicted octanol–water partition coefficient (Wildman–Crippen LogP) is 2.93. The van der Waals surface area contributed by atoms with E-state index in [1.54, 1.807) is 6.07 Å². The molecule has 0 fully saturated rings. The number of hydrogen-bond acceptors (Lipinski definition) is 4. The molecule has 1 aromatic heterocycles. The van der Waals surface area contributed by atoms with Gasteiger partial charge in [-0.1, -0.05) is 12.1 Å². The highest BCUT2D eigenvalue weighted by Gasteiger charge is 2.13. The van der Waals surface area contributed by atoms with Crippen LogP contribution in [0.3, 0.4) is 0 Å². The number of carbonyl (C=O) groups excluding carboxylic acids is 1. The summed E-state index contributed by atoms with van der Waals surface area (Å²) in [6, 6.07) is 9.30. The Morgan fingerprint density at radius 2 is 2.21 bits per heavy atom. The first-order valence-corrected chi connectivity index (χ1v) is 8.00. The first kappa shape index (κ1) is 14.1. The molecule has 0 aliphatic rings. The van der Waals surface area contributed by atoms with Gasteiger partial charge in [-0.3, -0.25) is 4.79 Å².